The Morgan fingerprint density at radius 1 is 1.09 bits per heavy atom. The van der Waals surface area contributed by atoms with Gasteiger partial charge in [0.1, 0.15) is 6.61 Å². The normalized spacial score (nSPS) is 20.0. The molecule has 0 saturated carbocycles. The van der Waals surface area contributed by atoms with Crippen molar-refractivity contribution in [1.29, 1.82) is 0 Å². The highest BCUT2D eigenvalue weighted by Crippen LogP contribution is 2.26. The maximum atomic E-state index is 13.1. The van der Waals surface area contributed by atoms with E-state index in [9.17, 15) is 19.5 Å². The number of benzene rings is 2. The maximum absolute atomic E-state index is 13.1. The molecule has 2 aliphatic rings. The van der Waals surface area contributed by atoms with E-state index in [4.69, 9.17) is 15.2 Å². The molecule has 2 fully saturated rings. The van der Waals surface area contributed by atoms with Crippen LogP contribution in [0.25, 0.3) is 0 Å². The van der Waals surface area contributed by atoms with Crippen molar-refractivity contribution in [2.75, 3.05) is 48.0 Å². The number of rotatable bonds is 6. The fraction of sp³-hybridized carbons (Fsp3) is 0.348. The number of nitrogens with zero attached hydrogens (tertiary/aromatic N) is 2. The first-order chi connectivity index (χ1) is 16.0. The zero-order valence-electron chi connectivity index (χ0n) is 18.0. The lowest BCUT2D eigenvalue weighted by Crippen LogP contribution is -2.55. The van der Waals surface area contributed by atoms with E-state index in [0.29, 0.717) is 36.8 Å². The summed E-state index contributed by atoms with van der Waals surface area (Å²) in [5.74, 6) is -1.44. The fourth-order valence-corrected chi connectivity index (χ4v) is 3.79. The van der Waals surface area contributed by atoms with Gasteiger partial charge in [-0.2, -0.15) is 0 Å². The highest BCUT2D eigenvalue weighted by molar-refractivity contribution is 6.04. The summed E-state index contributed by atoms with van der Waals surface area (Å²) in [6.45, 7) is 1.65. The van der Waals surface area contributed by atoms with Gasteiger partial charge >= 0.3 is 0 Å². The van der Waals surface area contributed by atoms with E-state index in [2.05, 4.69) is 5.32 Å². The van der Waals surface area contributed by atoms with Gasteiger partial charge in [-0.3, -0.25) is 14.4 Å². The average molecular weight is 454 g/mol. The van der Waals surface area contributed by atoms with E-state index in [1.807, 2.05) is 0 Å². The van der Waals surface area contributed by atoms with Crippen LogP contribution in [-0.2, 0) is 30.4 Å². The molecule has 2 aromatic rings. The van der Waals surface area contributed by atoms with Crippen LogP contribution in [-0.4, -0.2) is 67.9 Å². The van der Waals surface area contributed by atoms with Crippen LogP contribution in [0, 0.1) is 0 Å². The molecule has 2 heterocycles. The minimum Gasteiger partial charge on any atom is -0.380 e. The van der Waals surface area contributed by atoms with Gasteiger partial charge in [0.15, 0.2) is 12.2 Å². The maximum Gasteiger partial charge on any atom is 0.259 e. The van der Waals surface area contributed by atoms with E-state index < -0.39 is 24.0 Å². The zero-order chi connectivity index (χ0) is 23.4. The van der Waals surface area contributed by atoms with Crippen molar-refractivity contribution in [3.63, 3.8) is 0 Å². The number of ether oxygens (including phenoxy) is 2. The van der Waals surface area contributed by atoms with Gasteiger partial charge < -0.3 is 35.4 Å². The summed E-state index contributed by atoms with van der Waals surface area (Å²) in [5, 5.41) is 13.1. The summed E-state index contributed by atoms with van der Waals surface area (Å²) in [6.07, 6.45) is -3.05. The van der Waals surface area contributed by atoms with Crippen LogP contribution in [0.4, 0.5) is 17.1 Å². The van der Waals surface area contributed by atoms with Crippen LogP contribution in [0.3, 0.4) is 0 Å². The van der Waals surface area contributed by atoms with Gasteiger partial charge in [-0.15, -0.1) is 0 Å². The molecule has 0 aromatic heterocycles. The van der Waals surface area contributed by atoms with E-state index in [-0.39, 0.29) is 25.7 Å². The average Bonchev–Trinajstić information content (AvgIpc) is 2.84. The summed E-state index contributed by atoms with van der Waals surface area (Å²) in [4.78, 5) is 40.9. The molecule has 174 valence electrons. The van der Waals surface area contributed by atoms with Gasteiger partial charge in [0.05, 0.1) is 13.2 Å². The Labute approximate surface area is 190 Å². The van der Waals surface area contributed by atoms with Crippen molar-refractivity contribution in [3.05, 3.63) is 54.1 Å². The smallest absolute Gasteiger partial charge is 0.259 e. The molecule has 10 heteroatoms. The minimum atomic E-state index is -1.70. The molecule has 2 atom stereocenters. The fourth-order valence-electron chi connectivity index (χ4n) is 3.79. The largest absolute Gasteiger partial charge is 0.380 e. The van der Waals surface area contributed by atoms with E-state index in [1.54, 1.807) is 53.4 Å². The monoisotopic (exact) mass is 454 g/mol. The summed E-state index contributed by atoms with van der Waals surface area (Å²) >= 11 is 0. The highest BCUT2D eigenvalue weighted by atomic mass is 16.5. The molecule has 2 saturated heterocycles. The van der Waals surface area contributed by atoms with Crippen molar-refractivity contribution in [2.45, 2.75) is 18.8 Å². The summed E-state index contributed by atoms with van der Waals surface area (Å²) in [7, 11) is 0. The number of carbonyl (C=O) groups is 3. The minimum absolute atomic E-state index is 0.0129. The molecule has 10 nitrogen and oxygen atoms in total. The molecule has 4 N–H and O–H groups in total. The molecule has 0 radical (unpaired) electrons. The quantitative estimate of drug-likeness (QED) is 0.569. The number of anilines is 3. The predicted octanol–water partition coefficient (Wildman–Crippen LogP) is 0.240. The second-order valence-corrected chi connectivity index (χ2v) is 7.73. The molecule has 4 rings (SSSR count). The second-order valence-electron chi connectivity index (χ2n) is 7.73. The number of nitrogens with one attached hydrogen (secondary N) is 1. The van der Waals surface area contributed by atoms with Gasteiger partial charge in [-0.05, 0) is 35.9 Å². The molecular formula is C23H26N4O6. The van der Waals surface area contributed by atoms with Gasteiger partial charge in [0.25, 0.3) is 17.7 Å². The molecule has 33 heavy (non-hydrogen) atoms. The molecule has 0 bridgehead atoms. The van der Waals surface area contributed by atoms with Crippen LogP contribution < -0.4 is 20.9 Å². The number of nitrogens with two attached hydrogens (primary N) is 1. The van der Waals surface area contributed by atoms with E-state index in [0.717, 1.165) is 5.56 Å². The lowest BCUT2D eigenvalue weighted by Gasteiger charge is -2.35. The first-order valence-electron chi connectivity index (χ1n) is 10.7. The van der Waals surface area contributed by atoms with Crippen molar-refractivity contribution in [3.8, 4) is 0 Å². The standard InChI is InChI=1S/C23H26N4O6/c24-13-15-4-6-16(7-5-15)25-22(30)20(29)21-23(31)27(9-11-33-21)18-3-1-2-17(12-18)26-8-10-32-14-19(26)28/h1-7,12,20-21,29H,8-11,13-14,24H2,(H,25,30). The van der Waals surface area contributed by atoms with Crippen LogP contribution in [0.5, 0.6) is 0 Å². The zero-order valence-corrected chi connectivity index (χ0v) is 18.0. The van der Waals surface area contributed by atoms with Crippen molar-refractivity contribution < 1.29 is 29.0 Å². The summed E-state index contributed by atoms with van der Waals surface area (Å²) in [5.41, 5.74) is 8.14. The number of aliphatic hydroxyl groups is 1. The third-order valence-corrected chi connectivity index (χ3v) is 5.57. The highest BCUT2D eigenvalue weighted by Gasteiger charge is 2.39. The first kappa shape index (κ1) is 22.9. The molecule has 2 aliphatic heterocycles. The third kappa shape index (κ3) is 5.04. The molecule has 0 spiro atoms. The molecule has 0 aliphatic carbocycles. The van der Waals surface area contributed by atoms with E-state index in [1.165, 1.54) is 4.90 Å². The third-order valence-electron chi connectivity index (χ3n) is 5.57. The van der Waals surface area contributed by atoms with Gasteiger partial charge in [0.2, 0.25) is 0 Å². The van der Waals surface area contributed by atoms with Crippen molar-refractivity contribution >= 4 is 34.8 Å². The summed E-state index contributed by atoms with van der Waals surface area (Å²) in [6, 6.07) is 13.9. The second kappa shape index (κ2) is 10.1. The molecule has 2 aromatic carbocycles. The van der Waals surface area contributed by atoms with E-state index >= 15 is 0 Å². The van der Waals surface area contributed by atoms with Gasteiger partial charge in [-0.25, -0.2) is 0 Å². The lowest BCUT2D eigenvalue weighted by atomic mass is 10.1. The van der Waals surface area contributed by atoms with Crippen LogP contribution >= 0.6 is 0 Å². The van der Waals surface area contributed by atoms with Crippen molar-refractivity contribution in [1.82, 2.24) is 0 Å². The Bertz CT molecular complexity index is 1030. The number of amides is 3. The predicted molar refractivity (Wildman–Crippen MR) is 121 cm³/mol. The first-order valence-corrected chi connectivity index (χ1v) is 10.7. The van der Waals surface area contributed by atoms with Gasteiger partial charge in [0, 0.05) is 36.7 Å². The lowest BCUT2D eigenvalue weighted by molar-refractivity contribution is -0.150. The topological polar surface area (TPSA) is 134 Å². The number of morpholine rings is 2. The molecular weight excluding hydrogens is 428 g/mol. The number of aliphatic hydroxyl groups excluding tert-OH is 1. The van der Waals surface area contributed by atoms with Crippen LogP contribution in [0.2, 0.25) is 0 Å². The van der Waals surface area contributed by atoms with Crippen LogP contribution in [0.1, 0.15) is 5.56 Å². The Morgan fingerprint density at radius 3 is 2.48 bits per heavy atom. The Kier molecular flexibility index (Phi) is 6.99. The summed E-state index contributed by atoms with van der Waals surface area (Å²) < 4.78 is 10.6. The molecule has 2 unspecified atom stereocenters. The Morgan fingerprint density at radius 2 is 1.79 bits per heavy atom. The van der Waals surface area contributed by atoms with Crippen molar-refractivity contribution in [2.24, 2.45) is 5.73 Å². The van der Waals surface area contributed by atoms with Gasteiger partial charge in [-0.1, -0.05) is 18.2 Å². The number of hydrogen-bond donors (Lipinski definition) is 3. The Hall–Kier alpha value is -3.31. The molecule has 3 amide bonds. The number of carbonyl (C=O) groups excluding carboxylic acids is 3. The SMILES string of the molecule is NCc1ccc(NC(=O)C(O)C2OCCN(c3cccc(N4CCOCC4=O)c3)C2=O)cc1. The Balaban J connectivity index is 1.46. The van der Waals surface area contributed by atoms with Crippen LogP contribution in [0.15, 0.2) is 48.5 Å². The number of hydrogen-bond acceptors (Lipinski definition) is 7.